The van der Waals surface area contributed by atoms with Crippen LogP contribution in [0.15, 0.2) is 58.3 Å². The fraction of sp³-hybridized carbons (Fsp3) is 0.0625. The van der Waals surface area contributed by atoms with Gasteiger partial charge in [0.25, 0.3) is 0 Å². The summed E-state index contributed by atoms with van der Waals surface area (Å²) in [5.41, 5.74) is 9.45. The Bertz CT molecular complexity index is 689. The van der Waals surface area contributed by atoms with Crippen molar-refractivity contribution in [3.63, 3.8) is 0 Å². The second-order valence-corrected chi connectivity index (χ2v) is 5.59. The van der Waals surface area contributed by atoms with E-state index in [1.807, 2.05) is 55.5 Å². The number of carbonyl (C=O) groups excluding carboxylic acids is 1. The normalized spacial score (nSPS) is 16.4. The predicted molar refractivity (Wildman–Crippen MR) is 78.9 cm³/mol. The lowest BCUT2D eigenvalue weighted by Gasteiger charge is -2.04. The molecule has 0 aliphatic carbocycles. The van der Waals surface area contributed by atoms with Gasteiger partial charge in [-0.3, -0.25) is 4.79 Å². The van der Waals surface area contributed by atoms with E-state index in [1.54, 1.807) is 0 Å². The maximum Gasteiger partial charge on any atom is 0.202 e. The zero-order valence-electron chi connectivity index (χ0n) is 10.5. The van der Waals surface area contributed by atoms with E-state index in [1.165, 1.54) is 11.8 Å². The molecular formula is C16H13NOS. The first-order valence-corrected chi connectivity index (χ1v) is 6.87. The molecule has 0 aromatic heterocycles. The third-order valence-corrected chi connectivity index (χ3v) is 4.31. The van der Waals surface area contributed by atoms with E-state index in [4.69, 9.17) is 5.73 Å². The predicted octanol–water partition coefficient (Wildman–Crippen LogP) is 3.61. The fourth-order valence-electron chi connectivity index (χ4n) is 2.11. The summed E-state index contributed by atoms with van der Waals surface area (Å²) in [5, 5.41) is 0. The van der Waals surface area contributed by atoms with Crippen LogP contribution < -0.4 is 5.73 Å². The number of benzene rings is 2. The first-order valence-electron chi connectivity index (χ1n) is 6.05. The molecule has 3 rings (SSSR count). The maximum absolute atomic E-state index is 12.4. The number of hydrogen-bond donors (Lipinski definition) is 1. The Balaban J connectivity index is 2.09. The van der Waals surface area contributed by atoms with E-state index >= 15 is 0 Å². The molecule has 0 amide bonds. The highest BCUT2D eigenvalue weighted by atomic mass is 32.2. The van der Waals surface area contributed by atoms with Gasteiger partial charge in [-0.05, 0) is 24.6 Å². The summed E-state index contributed by atoms with van der Waals surface area (Å²) in [6.07, 6.45) is 0. The van der Waals surface area contributed by atoms with Crippen LogP contribution in [0.5, 0.6) is 0 Å². The van der Waals surface area contributed by atoms with E-state index in [0.717, 1.165) is 21.6 Å². The maximum atomic E-state index is 12.4. The van der Waals surface area contributed by atoms with Crippen molar-refractivity contribution in [1.29, 1.82) is 0 Å². The Morgan fingerprint density at radius 3 is 2.58 bits per heavy atom. The van der Waals surface area contributed by atoms with E-state index in [2.05, 4.69) is 0 Å². The van der Waals surface area contributed by atoms with Crippen LogP contribution in [0, 0.1) is 6.92 Å². The number of rotatable bonds is 1. The van der Waals surface area contributed by atoms with Crippen LogP contribution in [0.3, 0.4) is 0 Å². The first kappa shape index (κ1) is 12.1. The highest BCUT2D eigenvalue weighted by Crippen LogP contribution is 2.42. The smallest absolute Gasteiger partial charge is 0.202 e. The number of hydrogen-bond acceptors (Lipinski definition) is 3. The van der Waals surface area contributed by atoms with Crippen LogP contribution in [0.4, 0.5) is 0 Å². The largest absolute Gasteiger partial charge is 0.397 e. The van der Waals surface area contributed by atoms with Crippen LogP contribution in [0.2, 0.25) is 0 Å². The van der Waals surface area contributed by atoms with Crippen LogP contribution in [0.1, 0.15) is 21.5 Å². The third kappa shape index (κ3) is 2.06. The topological polar surface area (TPSA) is 43.1 Å². The summed E-state index contributed by atoms with van der Waals surface area (Å²) in [4.78, 5) is 14.0. The molecule has 2 N–H and O–H groups in total. The van der Waals surface area contributed by atoms with Gasteiger partial charge < -0.3 is 5.73 Å². The average molecular weight is 267 g/mol. The van der Waals surface area contributed by atoms with Gasteiger partial charge in [0.1, 0.15) is 0 Å². The number of Topliss-reactive ketones (excluding diaryl/α,β-unsaturated/α-hetero) is 1. The monoisotopic (exact) mass is 267 g/mol. The van der Waals surface area contributed by atoms with Gasteiger partial charge in [-0.15, -0.1) is 0 Å². The molecule has 1 aliphatic rings. The minimum atomic E-state index is 0.0325. The zero-order chi connectivity index (χ0) is 13.4. The van der Waals surface area contributed by atoms with E-state index in [9.17, 15) is 4.79 Å². The van der Waals surface area contributed by atoms with Crippen LogP contribution in [-0.4, -0.2) is 5.78 Å². The van der Waals surface area contributed by atoms with Gasteiger partial charge in [-0.2, -0.15) is 0 Å². The molecule has 19 heavy (non-hydrogen) atoms. The number of fused-ring (bicyclic) bond motifs is 1. The molecule has 0 fully saturated rings. The molecule has 2 nitrogen and oxygen atoms in total. The van der Waals surface area contributed by atoms with Gasteiger partial charge in [-0.25, -0.2) is 0 Å². The SMILES string of the molecule is Cc1ccc2c(c1)C(=O)/C(=C(\N)c1ccccc1)S2. The molecule has 1 aliphatic heterocycles. The molecule has 2 aromatic rings. The molecule has 1 heterocycles. The quantitative estimate of drug-likeness (QED) is 0.803. The molecule has 0 bridgehead atoms. The highest BCUT2D eigenvalue weighted by molar-refractivity contribution is 8.05. The van der Waals surface area contributed by atoms with Gasteiger partial charge in [0.2, 0.25) is 5.78 Å². The first-order chi connectivity index (χ1) is 9.16. The molecule has 94 valence electrons. The second kappa shape index (κ2) is 4.59. The van der Waals surface area contributed by atoms with E-state index < -0.39 is 0 Å². The van der Waals surface area contributed by atoms with Crippen molar-refractivity contribution in [2.45, 2.75) is 11.8 Å². The lowest BCUT2D eigenvalue weighted by atomic mass is 10.1. The van der Waals surface area contributed by atoms with Crippen molar-refractivity contribution in [2.75, 3.05) is 0 Å². The van der Waals surface area contributed by atoms with Crippen molar-refractivity contribution < 1.29 is 4.79 Å². The number of nitrogens with two attached hydrogens (primary N) is 1. The number of carbonyl (C=O) groups is 1. The average Bonchev–Trinajstić information content (AvgIpc) is 2.76. The Morgan fingerprint density at radius 1 is 1.11 bits per heavy atom. The molecule has 2 aromatic carbocycles. The molecule has 0 radical (unpaired) electrons. The van der Waals surface area contributed by atoms with Gasteiger partial charge in [0, 0.05) is 10.5 Å². The van der Waals surface area contributed by atoms with E-state index in [-0.39, 0.29) is 5.78 Å². The van der Waals surface area contributed by atoms with Crippen molar-refractivity contribution >= 4 is 23.2 Å². The lowest BCUT2D eigenvalue weighted by molar-refractivity contribution is 0.104. The minimum Gasteiger partial charge on any atom is -0.397 e. The molecule has 0 unspecified atom stereocenters. The Morgan fingerprint density at radius 2 is 1.84 bits per heavy atom. The van der Waals surface area contributed by atoms with Gasteiger partial charge in [0.05, 0.1) is 10.6 Å². The zero-order valence-corrected chi connectivity index (χ0v) is 11.3. The van der Waals surface area contributed by atoms with Crippen molar-refractivity contribution in [3.8, 4) is 0 Å². The number of aryl methyl sites for hydroxylation is 1. The Kier molecular flexibility index (Phi) is 2.91. The molecule has 0 saturated carbocycles. The van der Waals surface area contributed by atoms with Gasteiger partial charge in [0.15, 0.2) is 0 Å². The van der Waals surface area contributed by atoms with Gasteiger partial charge in [-0.1, -0.05) is 53.7 Å². The summed E-state index contributed by atoms with van der Waals surface area (Å²) in [5.74, 6) is 0.0325. The molecule has 0 saturated heterocycles. The molecule has 3 heteroatoms. The third-order valence-electron chi connectivity index (χ3n) is 3.13. The molecule has 0 atom stereocenters. The highest BCUT2D eigenvalue weighted by Gasteiger charge is 2.28. The standard InChI is InChI=1S/C16H13NOS/c1-10-7-8-13-12(9-10)15(18)16(19-13)14(17)11-5-3-2-4-6-11/h2-9H,17H2,1H3/b16-14+. The number of thioether (sulfide) groups is 1. The van der Waals surface area contributed by atoms with Crippen molar-refractivity contribution in [1.82, 2.24) is 0 Å². The summed E-state index contributed by atoms with van der Waals surface area (Å²) in [7, 11) is 0. The second-order valence-electron chi connectivity index (χ2n) is 4.54. The van der Waals surface area contributed by atoms with E-state index in [0.29, 0.717) is 10.6 Å². The van der Waals surface area contributed by atoms with Gasteiger partial charge >= 0.3 is 0 Å². The summed E-state index contributed by atoms with van der Waals surface area (Å²) < 4.78 is 0. The van der Waals surface area contributed by atoms with Crippen LogP contribution in [0.25, 0.3) is 5.70 Å². The minimum absolute atomic E-state index is 0.0325. The Hall–Kier alpha value is -2.00. The molecule has 0 spiro atoms. The fourth-order valence-corrected chi connectivity index (χ4v) is 3.16. The molecular weight excluding hydrogens is 254 g/mol. The summed E-state index contributed by atoms with van der Waals surface area (Å²) >= 11 is 1.46. The van der Waals surface area contributed by atoms with Crippen LogP contribution >= 0.6 is 11.8 Å². The van der Waals surface area contributed by atoms with Crippen molar-refractivity contribution in [2.24, 2.45) is 5.73 Å². The Labute approximate surface area is 116 Å². The number of ketones is 1. The number of allylic oxidation sites excluding steroid dienone is 1. The van der Waals surface area contributed by atoms with Crippen molar-refractivity contribution in [3.05, 3.63) is 70.1 Å². The summed E-state index contributed by atoms with van der Waals surface area (Å²) in [6, 6.07) is 15.5. The van der Waals surface area contributed by atoms with Crippen LogP contribution in [-0.2, 0) is 0 Å². The lowest BCUT2D eigenvalue weighted by Crippen LogP contribution is -2.04. The summed E-state index contributed by atoms with van der Waals surface area (Å²) in [6.45, 7) is 1.99.